The lowest BCUT2D eigenvalue weighted by molar-refractivity contribution is -0.386. The number of ether oxygens (including phenoxy) is 1. The van der Waals surface area contributed by atoms with Crippen LogP contribution in [0.1, 0.15) is 13.8 Å². The molecule has 0 amide bonds. The number of nitrogens with zero attached hydrogens (tertiary/aromatic N) is 1. The monoisotopic (exact) mass is 327 g/mol. The Bertz CT molecular complexity index is 645. The molecule has 0 saturated carbocycles. The Morgan fingerprint density at radius 3 is 2.40 bits per heavy atom. The van der Waals surface area contributed by atoms with Gasteiger partial charge in [-0.25, -0.2) is 8.57 Å². The number of nitro groups is 1. The van der Waals surface area contributed by atoms with E-state index in [0.717, 1.165) is 18.4 Å². The smallest absolute Gasteiger partial charge is 0.312 e. The number of benzene rings is 1. The Kier molecular flexibility index (Phi) is 4.57. The topological polar surface area (TPSA) is 95.7 Å². The highest BCUT2D eigenvalue weighted by Gasteiger charge is 2.32. The van der Waals surface area contributed by atoms with Crippen molar-refractivity contribution in [1.29, 1.82) is 0 Å². The minimum atomic E-state index is -3.89. The highest BCUT2D eigenvalue weighted by atomic mass is 35.5. The zero-order valence-electron chi connectivity index (χ0n) is 10.7. The van der Waals surface area contributed by atoms with E-state index < -0.39 is 43.1 Å². The van der Waals surface area contributed by atoms with Gasteiger partial charge in [0.2, 0.25) is 11.5 Å². The number of halogens is 2. The van der Waals surface area contributed by atoms with Gasteiger partial charge in [-0.1, -0.05) is 11.6 Å². The standard InChI is InChI=1S/C10H11ClFNO6S/c1-10(2,19-20(3,16)17)18-9-7(13(14)15)5-4-6(12)8(9)11/h4-5H,1-3H3. The fourth-order valence-corrected chi connectivity index (χ4v) is 2.35. The Labute approximate surface area is 119 Å². The second-order valence-electron chi connectivity index (χ2n) is 4.26. The van der Waals surface area contributed by atoms with E-state index in [0.29, 0.717) is 0 Å². The molecular formula is C10H11ClFNO6S. The van der Waals surface area contributed by atoms with Crippen LogP contribution in [0, 0.1) is 15.9 Å². The molecule has 0 bridgehead atoms. The number of rotatable bonds is 5. The van der Waals surface area contributed by atoms with Crippen LogP contribution in [0.15, 0.2) is 12.1 Å². The van der Waals surface area contributed by atoms with Gasteiger partial charge in [0.1, 0.15) is 10.8 Å². The van der Waals surface area contributed by atoms with Crippen molar-refractivity contribution >= 4 is 27.4 Å². The Morgan fingerprint density at radius 1 is 1.40 bits per heavy atom. The van der Waals surface area contributed by atoms with Crippen LogP contribution in [0.4, 0.5) is 10.1 Å². The lowest BCUT2D eigenvalue weighted by atomic mass is 10.2. The summed E-state index contributed by atoms with van der Waals surface area (Å²) < 4.78 is 45.1. The van der Waals surface area contributed by atoms with Crippen LogP contribution >= 0.6 is 11.6 Å². The fraction of sp³-hybridized carbons (Fsp3) is 0.400. The lowest BCUT2D eigenvalue weighted by Crippen LogP contribution is -2.34. The van der Waals surface area contributed by atoms with Crippen molar-refractivity contribution in [2.24, 2.45) is 0 Å². The maximum atomic E-state index is 13.3. The third-order valence-corrected chi connectivity index (χ3v) is 2.98. The summed E-state index contributed by atoms with van der Waals surface area (Å²) in [5.41, 5.74) is -0.610. The molecule has 0 aliphatic carbocycles. The van der Waals surface area contributed by atoms with Crippen molar-refractivity contribution in [3.05, 3.63) is 33.1 Å². The Hall–Kier alpha value is -1.45. The van der Waals surface area contributed by atoms with Crippen molar-refractivity contribution < 1.29 is 26.7 Å². The highest BCUT2D eigenvalue weighted by molar-refractivity contribution is 7.86. The van der Waals surface area contributed by atoms with Crippen molar-refractivity contribution in [2.45, 2.75) is 19.6 Å². The SMILES string of the molecule is CC(C)(Oc1c([N+](=O)[O-])ccc(F)c1Cl)OS(C)(=O)=O. The lowest BCUT2D eigenvalue weighted by Gasteiger charge is -2.25. The van der Waals surface area contributed by atoms with Crippen LogP contribution in [-0.4, -0.2) is 25.4 Å². The molecule has 0 spiro atoms. The summed E-state index contributed by atoms with van der Waals surface area (Å²) in [4.78, 5) is 10.0. The molecule has 1 aromatic carbocycles. The fourth-order valence-electron chi connectivity index (χ4n) is 1.39. The van der Waals surface area contributed by atoms with Gasteiger partial charge >= 0.3 is 5.69 Å². The van der Waals surface area contributed by atoms with Gasteiger partial charge in [0, 0.05) is 19.9 Å². The van der Waals surface area contributed by atoms with Gasteiger partial charge in [0.25, 0.3) is 10.1 Å². The van der Waals surface area contributed by atoms with Crippen molar-refractivity contribution in [3.63, 3.8) is 0 Å². The van der Waals surface area contributed by atoms with Crippen LogP contribution in [0.2, 0.25) is 5.02 Å². The van der Waals surface area contributed by atoms with Crippen molar-refractivity contribution in [1.82, 2.24) is 0 Å². The zero-order chi connectivity index (χ0) is 15.7. The van der Waals surface area contributed by atoms with E-state index in [4.69, 9.17) is 16.3 Å². The molecule has 0 unspecified atom stereocenters. The molecule has 0 fully saturated rings. The molecule has 1 aromatic rings. The van der Waals surface area contributed by atoms with E-state index in [9.17, 15) is 22.9 Å². The quantitative estimate of drug-likeness (QED) is 0.357. The van der Waals surface area contributed by atoms with Gasteiger partial charge in [0.15, 0.2) is 0 Å². The molecule has 0 aliphatic rings. The Balaban J connectivity index is 3.26. The molecule has 0 heterocycles. The van der Waals surface area contributed by atoms with Crippen LogP contribution in [-0.2, 0) is 14.3 Å². The number of hydrogen-bond acceptors (Lipinski definition) is 6. The van der Waals surface area contributed by atoms with Gasteiger partial charge in [0.05, 0.1) is 11.2 Å². The predicted octanol–water partition coefficient (Wildman–Crippen LogP) is 2.48. The minimum Gasteiger partial charge on any atom is -0.453 e. The number of hydrogen-bond donors (Lipinski definition) is 0. The summed E-state index contributed by atoms with van der Waals surface area (Å²) in [5.74, 6) is -3.34. The first-order chi connectivity index (χ1) is 8.93. The molecule has 10 heteroatoms. The summed E-state index contributed by atoms with van der Waals surface area (Å²) in [7, 11) is -3.89. The second-order valence-corrected chi connectivity index (χ2v) is 6.21. The Morgan fingerprint density at radius 2 is 1.95 bits per heavy atom. The summed E-state index contributed by atoms with van der Waals surface area (Å²) >= 11 is 5.61. The van der Waals surface area contributed by atoms with E-state index in [-0.39, 0.29) is 0 Å². The average Bonchev–Trinajstić information content (AvgIpc) is 2.20. The molecule has 0 radical (unpaired) electrons. The van der Waals surface area contributed by atoms with Crippen molar-refractivity contribution in [3.8, 4) is 5.75 Å². The first-order valence-electron chi connectivity index (χ1n) is 5.15. The summed E-state index contributed by atoms with van der Waals surface area (Å²) in [6.07, 6.45) is 0.777. The van der Waals surface area contributed by atoms with Crippen LogP contribution in [0.3, 0.4) is 0 Å². The third-order valence-electron chi connectivity index (χ3n) is 1.93. The molecule has 0 aromatic heterocycles. The average molecular weight is 328 g/mol. The largest absolute Gasteiger partial charge is 0.453 e. The van der Waals surface area contributed by atoms with Crippen molar-refractivity contribution in [2.75, 3.05) is 6.26 Å². The summed E-state index contributed by atoms with van der Waals surface area (Å²) in [5, 5.41) is 10.2. The summed E-state index contributed by atoms with van der Waals surface area (Å²) in [6, 6.07) is 1.66. The first kappa shape index (κ1) is 16.6. The predicted molar refractivity (Wildman–Crippen MR) is 68.7 cm³/mol. The van der Waals surface area contributed by atoms with E-state index in [1.807, 2.05) is 0 Å². The van der Waals surface area contributed by atoms with Crippen LogP contribution in [0.25, 0.3) is 0 Å². The normalized spacial score (nSPS) is 12.2. The van der Waals surface area contributed by atoms with Crippen LogP contribution < -0.4 is 4.74 Å². The first-order valence-corrected chi connectivity index (χ1v) is 7.34. The maximum absolute atomic E-state index is 13.3. The van der Waals surface area contributed by atoms with E-state index in [1.54, 1.807) is 0 Å². The second kappa shape index (κ2) is 5.51. The third kappa shape index (κ3) is 4.29. The molecule has 0 atom stereocenters. The van der Waals surface area contributed by atoms with Gasteiger partial charge in [-0.2, -0.15) is 8.42 Å². The van der Waals surface area contributed by atoms with Gasteiger partial charge < -0.3 is 4.74 Å². The maximum Gasteiger partial charge on any atom is 0.312 e. The van der Waals surface area contributed by atoms with Gasteiger partial charge in [-0.3, -0.25) is 10.1 Å². The molecule has 112 valence electrons. The molecule has 0 aliphatic heterocycles. The van der Waals surface area contributed by atoms with E-state index >= 15 is 0 Å². The molecule has 0 saturated heterocycles. The van der Waals surface area contributed by atoms with Gasteiger partial charge in [-0.15, -0.1) is 0 Å². The molecule has 0 N–H and O–H groups in total. The highest BCUT2D eigenvalue weighted by Crippen LogP contribution is 2.39. The summed E-state index contributed by atoms with van der Waals surface area (Å²) in [6.45, 7) is 2.39. The zero-order valence-corrected chi connectivity index (χ0v) is 12.3. The molecule has 1 rings (SSSR count). The number of nitro benzene ring substituents is 1. The minimum absolute atomic E-state index is 0.606. The molecule has 7 nitrogen and oxygen atoms in total. The van der Waals surface area contributed by atoms with E-state index in [1.165, 1.54) is 13.8 Å². The molecule has 20 heavy (non-hydrogen) atoms. The van der Waals surface area contributed by atoms with Crippen LogP contribution in [0.5, 0.6) is 5.75 Å². The van der Waals surface area contributed by atoms with Gasteiger partial charge in [-0.05, 0) is 6.07 Å². The molecular weight excluding hydrogens is 317 g/mol. The van der Waals surface area contributed by atoms with E-state index in [2.05, 4.69) is 4.18 Å².